The van der Waals surface area contributed by atoms with Gasteiger partial charge in [-0.05, 0) is 49.3 Å². The molecule has 0 N–H and O–H groups in total. The van der Waals surface area contributed by atoms with E-state index in [4.69, 9.17) is 0 Å². The third-order valence-electron chi connectivity index (χ3n) is 5.49. The van der Waals surface area contributed by atoms with Gasteiger partial charge in [0.2, 0.25) is 0 Å². The van der Waals surface area contributed by atoms with Crippen LogP contribution >= 0.6 is 0 Å². The van der Waals surface area contributed by atoms with E-state index in [0.717, 1.165) is 44.2 Å². The SMILES string of the molecule is CCCCN(C)C(=O)c1ccc(N2CCC(Cc3ccccc3)CC2)nc1. The Hall–Kier alpha value is -2.36. The Bertz CT molecular complexity index is 706. The second-order valence-electron chi connectivity index (χ2n) is 7.61. The van der Waals surface area contributed by atoms with Crippen molar-refractivity contribution in [2.75, 3.05) is 31.6 Å². The number of carbonyl (C=O) groups excluding carboxylic acids is 1. The Balaban J connectivity index is 1.52. The van der Waals surface area contributed by atoms with E-state index in [1.165, 1.54) is 24.8 Å². The number of aromatic nitrogens is 1. The number of amides is 1. The number of piperidine rings is 1. The van der Waals surface area contributed by atoms with Crippen LogP contribution in [0.25, 0.3) is 0 Å². The smallest absolute Gasteiger partial charge is 0.255 e. The van der Waals surface area contributed by atoms with Crippen molar-refractivity contribution in [3.8, 4) is 0 Å². The first kappa shape index (κ1) is 19.4. The zero-order chi connectivity index (χ0) is 19.1. The van der Waals surface area contributed by atoms with Crippen molar-refractivity contribution < 1.29 is 4.79 Å². The van der Waals surface area contributed by atoms with E-state index < -0.39 is 0 Å². The van der Waals surface area contributed by atoms with Crippen LogP contribution in [0.1, 0.15) is 48.5 Å². The van der Waals surface area contributed by atoms with Crippen molar-refractivity contribution in [2.24, 2.45) is 5.92 Å². The quantitative estimate of drug-likeness (QED) is 0.729. The lowest BCUT2D eigenvalue weighted by Gasteiger charge is -2.33. The van der Waals surface area contributed by atoms with Crippen LogP contribution in [-0.2, 0) is 6.42 Å². The molecule has 1 fully saturated rings. The van der Waals surface area contributed by atoms with Crippen LogP contribution in [0.15, 0.2) is 48.7 Å². The van der Waals surface area contributed by atoms with Gasteiger partial charge in [0.15, 0.2) is 0 Å². The van der Waals surface area contributed by atoms with E-state index in [2.05, 4.69) is 47.1 Å². The van der Waals surface area contributed by atoms with Crippen LogP contribution < -0.4 is 4.90 Å². The minimum absolute atomic E-state index is 0.0593. The lowest BCUT2D eigenvalue weighted by Crippen LogP contribution is -2.35. The number of nitrogens with zero attached hydrogens (tertiary/aromatic N) is 3. The van der Waals surface area contributed by atoms with Gasteiger partial charge in [0.05, 0.1) is 5.56 Å². The molecule has 1 aliphatic heterocycles. The van der Waals surface area contributed by atoms with Crippen molar-refractivity contribution >= 4 is 11.7 Å². The molecule has 144 valence electrons. The Morgan fingerprint density at radius 3 is 2.52 bits per heavy atom. The molecule has 1 saturated heterocycles. The highest BCUT2D eigenvalue weighted by molar-refractivity contribution is 5.93. The first-order chi connectivity index (χ1) is 13.2. The largest absolute Gasteiger partial charge is 0.357 e. The summed E-state index contributed by atoms with van der Waals surface area (Å²) >= 11 is 0. The van der Waals surface area contributed by atoms with Crippen molar-refractivity contribution in [1.82, 2.24) is 9.88 Å². The molecule has 1 aromatic heterocycles. The highest BCUT2D eigenvalue weighted by atomic mass is 16.2. The van der Waals surface area contributed by atoms with Crippen LogP contribution in [-0.4, -0.2) is 42.5 Å². The predicted octanol–water partition coefficient (Wildman–Crippen LogP) is 4.41. The van der Waals surface area contributed by atoms with Gasteiger partial charge in [-0.15, -0.1) is 0 Å². The molecular formula is C23H31N3O. The van der Waals surface area contributed by atoms with Gasteiger partial charge in [-0.25, -0.2) is 4.98 Å². The average Bonchev–Trinajstić information content (AvgIpc) is 2.73. The first-order valence-electron chi connectivity index (χ1n) is 10.2. The van der Waals surface area contributed by atoms with Crippen molar-refractivity contribution in [3.05, 3.63) is 59.8 Å². The van der Waals surface area contributed by atoms with Gasteiger partial charge >= 0.3 is 0 Å². The van der Waals surface area contributed by atoms with Crippen LogP contribution in [0.4, 0.5) is 5.82 Å². The number of carbonyl (C=O) groups is 1. The van der Waals surface area contributed by atoms with Gasteiger partial charge in [-0.1, -0.05) is 43.7 Å². The summed E-state index contributed by atoms with van der Waals surface area (Å²) in [6, 6.07) is 14.7. The molecule has 3 rings (SSSR count). The van der Waals surface area contributed by atoms with Crippen molar-refractivity contribution in [2.45, 2.75) is 39.0 Å². The molecule has 0 radical (unpaired) electrons. The summed E-state index contributed by atoms with van der Waals surface area (Å²) in [5.41, 5.74) is 2.11. The molecule has 2 heterocycles. The van der Waals surface area contributed by atoms with E-state index in [9.17, 15) is 4.79 Å². The number of rotatable bonds is 7. The highest BCUT2D eigenvalue weighted by Gasteiger charge is 2.21. The molecule has 0 atom stereocenters. The zero-order valence-corrected chi connectivity index (χ0v) is 16.6. The highest BCUT2D eigenvalue weighted by Crippen LogP contribution is 2.25. The van der Waals surface area contributed by atoms with E-state index in [1.807, 2.05) is 19.2 Å². The fourth-order valence-corrected chi connectivity index (χ4v) is 3.73. The van der Waals surface area contributed by atoms with Crippen molar-refractivity contribution in [3.63, 3.8) is 0 Å². The molecule has 0 bridgehead atoms. The van der Waals surface area contributed by atoms with Gasteiger partial charge in [0.25, 0.3) is 5.91 Å². The average molecular weight is 366 g/mol. The molecular weight excluding hydrogens is 334 g/mol. The molecule has 27 heavy (non-hydrogen) atoms. The number of unbranched alkanes of at least 4 members (excludes halogenated alkanes) is 1. The van der Waals surface area contributed by atoms with E-state index in [0.29, 0.717) is 5.56 Å². The summed E-state index contributed by atoms with van der Waals surface area (Å²) in [4.78, 5) is 21.1. The third-order valence-corrected chi connectivity index (χ3v) is 5.49. The normalized spacial score (nSPS) is 15.0. The molecule has 1 amide bonds. The lowest BCUT2D eigenvalue weighted by atomic mass is 9.90. The maximum atomic E-state index is 12.4. The standard InChI is InChI=1S/C23H31N3O/c1-3-4-14-25(2)23(27)21-10-11-22(24-18-21)26-15-12-20(13-16-26)17-19-8-6-5-7-9-19/h5-11,18,20H,3-4,12-17H2,1-2H3. The molecule has 1 aliphatic rings. The monoisotopic (exact) mass is 365 g/mol. The molecule has 0 saturated carbocycles. The second kappa shape index (κ2) is 9.54. The second-order valence-corrected chi connectivity index (χ2v) is 7.61. The lowest BCUT2D eigenvalue weighted by molar-refractivity contribution is 0.0793. The number of hydrogen-bond acceptors (Lipinski definition) is 3. The third kappa shape index (κ3) is 5.31. The Kier molecular flexibility index (Phi) is 6.86. The van der Waals surface area contributed by atoms with E-state index in [-0.39, 0.29) is 5.91 Å². The summed E-state index contributed by atoms with van der Waals surface area (Å²) < 4.78 is 0. The van der Waals surface area contributed by atoms with Gasteiger partial charge in [0.1, 0.15) is 5.82 Å². The number of pyridine rings is 1. The Morgan fingerprint density at radius 2 is 1.89 bits per heavy atom. The number of anilines is 1. The van der Waals surface area contributed by atoms with Crippen LogP contribution in [0.5, 0.6) is 0 Å². The molecule has 4 nitrogen and oxygen atoms in total. The van der Waals surface area contributed by atoms with Crippen LogP contribution in [0.2, 0.25) is 0 Å². The van der Waals surface area contributed by atoms with Crippen LogP contribution in [0.3, 0.4) is 0 Å². The minimum Gasteiger partial charge on any atom is -0.357 e. The van der Waals surface area contributed by atoms with Gasteiger partial charge < -0.3 is 9.80 Å². The summed E-state index contributed by atoms with van der Waals surface area (Å²) in [6.45, 7) is 5.01. The van der Waals surface area contributed by atoms with Crippen molar-refractivity contribution in [1.29, 1.82) is 0 Å². The maximum absolute atomic E-state index is 12.4. The summed E-state index contributed by atoms with van der Waals surface area (Å²) in [5, 5.41) is 0. The van der Waals surface area contributed by atoms with Crippen LogP contribution in [0, 0.1) is 5.92 Å². The van der Waals surface area contributed by atoms with Gasteiger partial charge in [-0.2, -0.15) is 0 Å². The molecule has 1 aromatic carbocycles. The van der Waals surface area contributed by atoms with E-state index in [1.54, 1.807) is 11.1 Å². The summed E-state index contributed by atoms with van der Waals surface area (Å²) in [7, 11) is 1.86. The van der Waals surface area contributed by atoms with Gasteiger partial charge in [0, 0.05) is 32.9 Å². The first-order valence-corrected chi connectivity index (χ1v) is 10.2. The fourth-order valence-electron chi connectivity index (χ4n) is 3.73. The Labute approximate surface area is 163 Å². The number of hydrogen-bond donors (Lipinski definition) is 0. The molecule has 0 spiro atoms. The molecule has 0 unspecified atom stereocenters. The molecule has 4 heteroatoms. The minimum atomic E-state index is 0.0593. The maximum Gasteiger partial charge on any atom is 0.255 e. The summed E-state index contributed by atoms with van der Waals surface area (Å²) in [5.74, 6) is 1.79. The molecule has 0 aliphatic carbocycles. The Morgan fingerprint density at radius 1 is 1.15 bits per heavy atom. The topological polar surface area (TPSA) is 36.4 Å². The fraction of sp³-hybridized carbons (Fsp3) is 0.478. The predicted molar refractivity (Wildman–Crippen MR) is 111 cm³/mol. The van der Waals surface area contributed by atoms with Gasteiger partial charge in [-0.3, -0.25) is 4.79 Å². The number of benzene rings is 1. The summed E-state index contributed by atoms with van der Waals surface area (Å²) in [6.07, 6.45) is 7.41. The zero-order valence-electron chi connectivity index (χ0n) is 16.6. The molecule has 2 aromatic rings. The van der Waals surface area contributed by atoms with E-state index >= 15 is 0 Å².